The Bertz CT molecular complexity index is 1360. The normalized spacial score (nSPS) is 15.8. The summed E-state index contributed by atoms with van der Waals surface area (Å²) < 4.78 is 7.49. The molecule has 3 heterocycles. The van der Waals surface area contributed by atoms with E-state index in [0.29, 0.717) is 20.6 Å². The average molecular weight is 466 g/mol. The lowest BCUT2D eigenvalue weighted by Gasteiger charge is -2.23. The molecular weight excluding hydrogens is 442 g/mol. The fourth-order valence-electron chi connectivity index (χ4n) is 3.53. The van der Waals surface area contributed by atoms with Gasteiger partial charge in [-0.1, -0.05) is 42.2 Å². The van der Waals surface area contributed by atoms with Gasteiger partial charge in [0.05, 0.1) is 15.8 Å². The highest BCUT2D eigenvalue weighted by atomic mass is 32.1. The van der Waals surface area contributed by atoms with Crippen molar-refractivity contribution in [2.45, 2.75) is 13.0 Å². The molecule has 0 saturated heterocycles. The van der Waals surface area contributed by atoms with Gasteiger partial charge in [0.2, 0.25) is 0 Å². The van der Waals surface area contributed by atoms with Crippen LogP contribution in [0.5, 0.6) is 0 Å². The molecule has 2 aromatic heterocycles. The monoisotopic (exact) mass is 465 g/mol. The van der Waals surface area contributed by atoms with E-state index in [1.165, 1.54) is 28.7 Å². The van der Waals surface area contributed by atoms with E-state index in [1.54, 1.807) is 11.5 Å². The van der Waals surface area contributed by atoms with Crippen molar-refractivity contribution in [1.29, 1.82) is 0 Å². The number of rotatable bonds is 6. The molecule has 1 aliphatic heterocycles. The second kappa shape index (κ2) is 9.10. The van der Waals surface area contributed by atoms with Crippen LogP contribution in [0, 0.1) is 0 Å². The van der Waals surface area contributed by atoms with Crippen molar-refractivity contribution in [2.75, 3.05) is 25.6 Å². The Hall–Kier alpha value is -3.23. The van der Waals surface area contributed by atoms with Gasteiger partial charge in [0.25, 0.3) is 5.56 Å². The number of esters is 1. The molecule has 0 radical (unpaired) electrons. The zero-order valence-corrected chi connectivity index (χ0v) is 19.7. The van der Waals surface area contributed by atoms with E-state index in [9.17, 15) is 9.59 Å². The van der Waals surface area contributed by atoms with Crippen LogP contribution in [0.1, 0.15) is 23.4 Å². The molecule has 32 heavy (non-hydrogen) atoms. The van der Waals surface area contributed by atoms with Crippen molar-refractivity contribution in [2.24, 2.45) is 4.99 Å². The summed E-state index contributed by atoms with van der Waals surface area (Å²) in [7, 11) is 3.97. The first-order chi connectivity index (χ1) is 15.4. The highest BCUT2D eigenvalue weighted by Gasteiger charge is 2.33. The number of fused-ring (bicyclic) bond motifs is 1. The van der Waals surface area contributed by atoms with Crippen LogP contribution >= 0.6 is 22.7 Å². The first kappa shape index (κ1) is 22.0. The van der Waals surface area contributed by atoms with E-state index in [1.807, 2.05) is 66.8 Å². The largest absolute Gasteiger partial charge is 0.458 e. The smallest absolute Gasteiger partial charge is 0.338 e. The number of carbonyl (C=O) groups excluding carboxylic acids is 1. The third-order valence-corrected chi connectivity index (χ3v) is 7.00. The molecule has 0 unspecified atom stereocenters. The number of hydrogen-bond acceptors (Lipinski definition) is 7. The number of hydrogen-bond donors (Lipinski definition) is 0. The standard InChI is InChI=1S/C24H23N3O3S2/c1-5-12-30-23(29)20-15(2)25-24-27(21(20)18-7-6-13-31-18)22(28)19(32-24)14-16-8-10-17(11-9-16)26(3)4/h5-11,13-14,21H,1,12H2,2-4H3/b19-14+/t21-/m1/s1. The summed E-state index contributed by atoms with van der Waals surface area (Å²) in [5.74, 6) is -0.488. The Morgan fingerprint density at radius 2 is 2.03 bits per heavy atom. The Balaban J connectivity index is 1.85. The number of ether oxygens (including phenoxy) is 1. The number of allylic oxidation sites excluding steroid dienone is 1. The number of benzene rings is 1. The van der Waals surface area contributed by atoms with Gasteiger partial charge in [0.1, 0.15) is 12.6 Å². The van der Waals surface area contributed by atoms with E-state index >= 15 is 0 Å². The predicted molar refractivity (Wildman–Crippen MR) is 130 cm³/mol. The summed E-state index contributed by atoms with van der Waals surface area (Å²) in [6.07, 6.45) is 3.38. The molecule has 0 amide bonds. The van der Waals surface area contributed by atoms with Crippen molar-refractivity contribution in [1.82, 2.24) is 4.57 Å². The maximum atomic E-state index is 13.5. The molecule has 0 saturated carbocycles. The van der Waals surface area contributed by atoms with Crippen LogP contribution in [0.3, 0.4) is 0 Å². The van der Waals surface area contributed by atoms with Gasteiger partial charge in [-0.2, -0.15) is 0 Å². The molecule has 6 nitrogen and oxygen atoms in total. The summed E-state index contributed by atoms with van der Waals surface area (Å²) in [4.78, 5) is 34.4. The molecule has 1 aliphatic rings. The van der Waals surface area contributed by atoms with Gasteiger partial charge in [0.15, 0.2) is 4.80 Å². The maximum Gasteiger partial charge on any atom is 0.338 e. The Morgan fingerprint density at radius 3 is 2.66 bits per heavy atom. The van der Waals surface area contributed by atoms with Crippen molar-refractivity contribution in [3.8, 4) is 0 Å². The van der Waals surface area contributed by atoms with Crippen LogP contribution in [0.25, 0.3) is 6.08 Å². The summed E-state index contributed by atoms with van der Waals surface area (Å²) in [6, 6.07) is 11.2. The highest BCUT2D eigenvalue weighted by molar-refractivity contribution is 7.10. The zero-order valence-electron chi connectivity index (χ0n) is 18.1. The Morgan fingerprint density at radius 1 is 1.28 bits per heavy atom. The maximum absolute atomic E-state index is 13.5. The number of anilines is 1. The van der Waals surface area contributed by atoms with Gasteiger partial charge in [-0.05, 0) is 42.1 Å². The van der Waals surface area contributed by atoms with Crippen molar-refractivity contribution >= 4 is 40.4 Å². The van der Waals surface area contributed by atoms with E-state index in [0.717, 1.165) is 16.1 Å². The number of nitrogens with zero attached hydrogens (tertiary/aromatic N) is 3. The number of thiophene rings is 1. The SMILES string of the molecule is C=CCOC(=O)C1=C(C)N=c2s/c(=C/c3ccc(N(C)C)cc3)c(=O)n2[C@@H]1c1cccs1. The summed E-state index contributed by atoms with van der Waals surface area (Å²) in [6.45, 7) is 5.48. The van der Waals surface area contributed by atoms with Crippen LogP contribution in [0.2, 0.25) is 0 Å². The fourth-order valence-corrected chi connectivity index (χ4v) is 5.40. The average Bonchev–Trinajstić information content (AvgIpc) is 3.40. The topological polar surface area (TPSA) is 63.9 Å². The zero-order chi connectivity index (χ0) is 22.8. The van der Waals surface area contributed by atoms with Crippen LogP contribution in [0.15, 0.2) is 75.5 Å². The van der Waals surface area contributed by atoms with E-state index in [4.69, 9.17) is 4.74 Å². The third-order valence-electron chi connectivity index (χ3n) is 5.09. The Labute approximate surface area is 193 Å². The second-order valence-corrected chi connectivity index (χ2v) is 9.46. The minimum absolute atomic E-state index is 0.0974. The third kappa shape index (κ3) is 4.11. The van der Waals surface area contributed by atoms with Gasteiger partial charge < -0.3 is 9.64 Å². The van der Waals surface area contributed by atoms with Gasteiger partial charge in [0, 0.05) is 24.7 Å². The molecule has 0 spiro atoms. The molecule has 0 N–H and O–H groups in total. The van der Waals surface area contributed by atoms with Crippen LogP contribution in [-0.4, -0.2) is 31.2 Å². The summed E-state index contributed by atoms with van der Waals surface area (Å²) >= 11 is 2.82. The summed E-state index contributed by atoms with van der Waals surface area (Å²) in [5.41, 5.74) is 2.77. The van der Waals surface area contributed by atoms with Crippen molar-refractivity contribution < 1.29 is 9.53 Å². The van der Waals surface area contributed by atoms with Crippen molar-refractivity contribution in [3.63, 3.8) is 0 Å². The highest BCUT2D eigenvalue weighted by Crippen LogP contribution is 2.33. The molecule has 0 bridgehead atoms. The minimum Gasteiger partial charge on any atom is -0.458 e. The second-order valence-electron chi connectivity index (χ2n) is 7.47. The predicted octanol–water partition coefficient (Wildman–Crippen LogP) is 3.09. The van der Waals surface area contributed by atoms with Crippen LogP contribution in [-0.2, 0) is 9.53 Å². The van der Waals surface area contributed by atoms with Crippen LogP contribution in [0.4, 0.5) is 5.69 Å². The van der Waals surface area contributed by atoms with E-state index in [-0.39, 0.29) is 12.2 Å². The number of aromatic nitrogens is 1. The van der Waals surface area contributed by atoms with Gasteiger partial charge in [-0.25, -0.2) is 9.79 Å². The minimum atomic E-state index is -0.568. The molecule has 1 atom stereocenters. The van der Waals surface area contributed by atoms with E-state index < -0.39 is 12.0 Å². The molecule has 8 heteroatoms. The van der Waals surface area contributed by atoms with E-state index in [2.05, 4.69) is 11.6 Å². The molecule has 0 fully saturated rings. The van der Waals surface area contributed by atoms with Crippen LogP contribution < -0.4 is 19.8 Å². The quantitative estimate of drug-likeness (QED) is 0.415. The van der Waals surface area contributed by atoms with Gasteiger partial charge in [-0.15, -0.1) is 11.3 Å². The van der Waals surface area contributed by atoms with Gasteiger partial charge in [-0.3, -0.25) is 9.36 Å². The Kier molecular flexibility index (Phi) is 6.25. The lowest BCUT2D eigenvalue weighted by atomic mass is 10.0. The molecule has 4 rings (SSSR count). The first-order valence-electron chi connectivity index (χ1n) is 10.0. The fraction of sp³-hybridized carbons (Fsp3) is 0.208. The molecule has 3 aromatic rings. The number of thiazole rings is 1. The molecule has 1 aromatic carbocycles. The molecular formula is C24H23N3O3S2. The van der Waals surface area contributed by atoms with Crippen molar-refractivity contribution in [3.05, 3.63) is 95.8 Å². The molecule has 164 valence electrons. The number of carbonyl (C=O) groups is 1. The molecule has 0 aliphatic carbocycles. The lowest BCUT2D eigenvalue weighted by Crippen LogP contribution is -2.39. The summed E-state index contributed by atoms with van der Waals surface area (Å²) in [5, 5.41) is 1.93. The lowest BCUT2D eigenvalue weighted by molar-refractivity contribution is -0.138. The first-order valence-corrected chi connectivity index (χ1v) is 11.7. The van der Waals surface area contributed by atoms with Gasteiger partial charge >= 0.3 is 5.97 Å².